The molecule has 0 fully saturated rings. The molecule has 0 aromatic heterocycles. The summed E-state index contributed by atoms with van der Waals surface area (Å²) >= 11 is 0. The monoisotopic (exact) mass is 297 g/mol. The van der Waals surface area contributed by atoms with Crippen LogP contribution in [0, 0.1) is 11.7 Å². The van der Waals surface area contributed by atoms with Gasteiger partial charge < -0.3 is 15.2 Å². The average Bonchev–Trinajstić information content (AvgIpc) is 2.43. The molecule has 0 aliphatic heterocycles. The zero-order valence-corrected chi connectivity index (χ0v) is 13.7. The highest BCUT2D eigenvalue weighted by molar-refractivity contribution is 5.36. The highest BCUT2D eigenvalue weighted by atomic mass is 19.1. The number of halogens is 1. The standard InChI is InChI=1S/C17H28FNO2/c1-6-9-19-13(4)15-10-14(18)7-8-16(15)21-11-17(5,20)12(2)3/h7-8,10,12-13,19-20H,6,9,11H2,1-5H3. The van der Waals surface area contributed by atoms with E-state index in [-0.39, 0.29) is 24.4 Å². The van der Waals surface area contributed by atoms with Crippen LogP contribution in [0.5, 0.6) is 5.75 Å². The minimum absolute atomic E-state index is 0.000325. The zero-order valence-electron chi connectivity index (χ0n) is 13.7. The Morgan fingerprint density at radius 2 is 2.00 bits per heavy atom. The Hall–Kier alpha value is -1.13. The summed E-state index contributed by atoms with van der Waals surface area (Å²) in [5.41, 5.74) is -0.130. The summed E-state index contributed by atoms with van der Waals surface area (Å²) in [4.78, 5) is 0. The largest absolute Gasteiger partial charge is 0.490 e. The van der Waals surface area contributed by atoms with E-state index in [4.69, 9.17) is 4.74 Å². The van der Waals surface area contributed by atoms with E-state index in [0.717, 1.165) is 18.5 Å². The van der Waals surface area contributed by atoms with Crippen molar-refractivity contribution in [2.45, 2.75) is 52.7 Å². The fourth-order valence-corrected chi connectivity index (χ4v) is 1.85. The Bertz CT molecular complexity index is 446. The van der Waals surface area contributed by atoms with Gasteiger partial charge in [-0.3, -0.25) is 0 Å². The molecule has 0 saturated carbocycles. The summed E-state index contributed by atoms with van der Waals surface area (Å²) in [5.74, 6) is 0.420. The van der Waals surface area contributed by atoms with Crippen LogP contribution in [0.2, 0.25) is 0 Å². The van der Waals surface area contributed by atoms with Gasteiger partial charge in [-0.05, 0) is 50.9 Å². The van der Waals surface area contributed by atoms with Gasteiger partial charge in [0, 0.05) is 11.6 Å². The van der Waals surface area contributed by atoms with E-state index in [1.54, 1.807) is 13.0 Å². The van der Waals surface area contributed by atoms with Crippen LogP contribution in [-0.4, -0.2) is 23.9 Å². The minimum atomic E-state index is -0.911. The van der Waals surface area contributed by atoms with Gasteiger partial charge >= 0.3 is 0 Å². The van der Waals surface area contributed by atoms with Crippen LogP contribution in [0.25, 0.3) is 0 Å². The quantitative estimate of drug-likeness (QED) is 0.769. The molecular weight excluding hydrogens is 269 g/mol. The first kappa shape index (κ1) is 17.9. The highest BCUT2D eigenvalue weighted by Crippen LogP contribution is 2.28. The maximum Gasteiger partial charge on any atom is 0.124 e. The van der Waals surface area contributed by atoms with Crippen LogP contribution >= 0.6 is 0 Å². The van der Waals surface area contributed by atoms with Gasteiger partial charge in [0.25, 0.3) is 0 Å². The Labute approximate surface area is 127 Å². The fraction of sp³-hybridized carbons (Fsp3) is 0.647. The molecule has 0 amide bonds. The fourth-order valence-electron chi connectivity index (χ4n) is 1.85. The molecule has 1 aromatic carbocycles. The number of nitrogens with one attached hydrogen (secondary N) is 1. The van der Waals surface area contributed by atoms with Crippen molar-refractivity contribution in [1.29, 1.82) is 0 Å². The topological polar surface area (TPSA) is 41.5 Å². The third kappa shape index (κ3) is 5.29. The van der Waals surface area contributed by atoms with Gasteiger partial charge in [0.1, 0.15) is 18.2 Å². The SMILES string of the molecule is CCCNC(C)c1cc(F)ccc1OCC(C)(O)C(C)C. The van der Waals surface area contributed by atoms with Crippen molar-refractivity contribution in [3.8, 4) is 5.75 Å². The molecule has 1 rings (SSSR count). The normalized spacial score (nSPS) is 15.8. The lowest BCUT2D eigenvalue weighted by molar-refractivity contribution is -0.0269. The lowest BCUT2D eigenvalue weighted by Crippen LogP contribution is -2.38. The Morgan fingerprint density at radius 3 is 2.57 bits per heavy atom. The molecular formula is C17H28FNO2. The maximum absolute atomic E-state index is 13.5. The van der Waals surface area contributed by atoms with Crippen LogP contribution in [0.3, 0.4) is 0 Å². The van der Waals surface area contributed by atoms with Gasteiger partial charge in [-0.25, -0.2) is 4.39 Å². The van der Waals surface area contributed by atoms with E-state index in [2.05, 4.69) is 12.2 Å². The second kappa shape index (κ2) is 7.76. The molecule has 120 valence electrons. The third-order valence-electron chi connectivity index (χ3n) is 3.90. The number of rotatable bonds is 8. The zero-order chi connectivity index (χ0) is 16.0. The molecule has 21 heavy (non-hydrogen) atoms. The van der Waals surface area contributed by atoms with Crippen molar-refractivity contribution < 1.29 is 14.2 Å². The first-order valence-electron chi connectivity index (χ1n) is 7.66. The summed E-state index contributed by atoms with van der Waals surface area (Å²) in [6.45, 7) is 10.8. The summed E-state index contributed by atoms with van der Waals surface area (Å²) in [5, 5.41) is 13.6. The Kier molecular flexibility index (Phi) is 6.62. The predicted octanol–water partition coefficient (Wildman–Crippen LogP) is 3.67. The maximum atomic E-state index is 13.5. The van der Waals surface area contributed by atoms with Gasteiger partial charge in [0.15, 0.2) is 0 Å². The van der Waals surface area contributed by atoms with Crippen molar-refractivity contribution in [3.63, 3.8) is 0 Å². The Balaban J connectivity index is 2.86. The van der Waals surface area contributed by atoms with Crippen molar-refractivity contribution in [2.24, 2.45) is 5.92 Å². The number of ether oxygens (including phenoxy) is 1. The lowest BCUT2D eigenvalue weighted by Gasteiger charge is -2.28. The van der Waals surface area contributed by atoms with E-state index >= 15 is 0 Å². The van der Waals surface area contributed by atoms with Gasteiger partial charge in [0.05, 0.1) is 5.60 Å². The van der Waals surface area contributed by atoms with Gasteiger partial charge in [0.2, 0.25) is 0 Å². The van der Waals surface area contributed by atoms with E-state index in [1.807, 2.05) is 20.8 Å². The van der Waals surface area contributed by atoms with E-state index in [1.165, 1.54) is 12.1 Å². The molecule has 0 aliphatic carbocycles. The molecule has 2 atom stereocenters. The number of hydrogen-bond donors (Lipinski definition) is 2. The molecule has 4 heteroatoms. The second-order valence-corrected chi connectivity index (χ2v) is 6.16. The molecule has 0 saturated heterocycles. The van der Waals surface area contributed by atoms with Crippen molar-refractivity contribution in [2.75, 3.05) is 13.2 Å². The Morgan fingerprint density at radius 1 is 1.33 bits per heavy atom. The molecule has 1 aromatic rings. The molecule has 0 heterocycles. The van der Waals surface area contributed by atoms with Gasteiger partial charge in [-0.2, -0.15) is 0 Å². The van der Waals surface area contributed by atoms with E-state index in [0.29, 0.717) is 5.75 Å². The summed E-state index contributed by atoms with van der Waals surface area (Å²) in [6, 6.07) is 4.51. The molecule has 3 nitrogen and oxygen atoms in total. The van der Waals surface area contributed by atoms with Crippen LogP contribution in [-0.2, 0) is 0 Å². The lowest BCUT2D eigenvalue weighted by atomic mass is 9.93. The summed E-state index contributed by atoms with van der Waals surface area (Å²) in [6.07, 6.45) is 1.01. The summed E-state index contributed by atoms with van der Waals surface area (Å²) in [7, 11) is 0. The molecule has 0 bridgehead atoms. The van der Waals surface area contributed by atoms with Crippen LogP contribution in [0.4, 0.5) is 4.39 Å². The first-order valence-corrected chi connectivity index (χ1v) is 7.66. The molecule has 0 spiro atoms. The first-order chi connectivity index (χ1) is 9.77. The number of aliphatic hydroxyl groups is 1. The predicted molar refractivity (Wildman–Crippen MR) is 84.1 cm³/mol. The van der Waals surface area contributed by atoms with Crippen molar-refractivity contribution >= 4 is 0 Å². The second-order valence-electron chi connectivity index (χ2n) is 6.16. The summed E-state index contributed by atoms with van der Waals surface area (Å²) < 4.78 is 19.3. The van der Waals surface area contributed by atoms with Crippen LogP contribution in [0.15, 0.2) is 18.2 Å². The van der Waals surface area contributed by atoms with Crippen molar-refractivity contribution in [1.82, 2.24) is 5.32 Å². The van der Waals surface area contributed by atoms with E-state index in [9.17, 15) is 9.50 Å². The third-order valence-corrected chi connectivity index (χ3v) is 3.90. The smallest absolute Gasteiger partial charge is 0.124 e. The van der Waals surface area contributed by atoms with E-state index < -0.39 is 5.60 Å². The van der Waals surface area contributed by atoms with Crippen LogP contribution in [0.1, 0.15) is 52.6 Å². The number of hydrogen-bond acceptors (Lipinski definition) is 3. The molecule has 2 unspecified atom stereocenters. The molecule has 0 aliphatic rings. The average molecular weight is 297 g/mol. The van der Waals surface area contributed by atoms with Crippen molar-refractivity contribution in [3.05, 3.63) is 29.6 Å². The van der Waals surface area contributed by atoms with Crippen LogP contribution < -0.4 is 10.1 Å². The minimum Gasteiger partial charge on any atom is -0.490 e. The number of benzene rings is 1. The molecule has 0 radical (unpaired) electrons. The van der Waals surface area contributed by atoms with Gasteiger partial charge in [-0.15, -0.1) is 0 Å². The highest BCUT2D eigenvalue weighted by Gasteiger charge is 2.26. The van der Waals surface area contributed by atoms with Gasteiger partial charge in [-0.1, -0.05) is 20.8 Å². The molecule has 2 N–H and O–H groups in total.